The molecule has 17 nitrogen and oxygen atoms in total. The number of nitrogens with one attached hydrogen (secondary N) is 1. The van der Waals surface area contributed by atoms with E-state index in [0.717, 1.165) is 74.0 Å². The average Bonchev–Trinajstić information content (AvgIpc) is 2.58. The number of nitrogens with zero attached hydrogens (tertiary/aromatic N) is 7. The smallest absolute Gasteiger partial charge is 0.224 e. The molecule has 5 atom stereocenters. The van der Waals surface area contributed by atoms with Gasteiger partial charge < -0.3 is 41.2 Å². The fraction of sp³-hybridized carbons (Fsp3) is 0.394. The second-order valence-electron chi connectivity index (χ2n) is 23.0. The van der Waals surface area contributed by atoms with Crippen molar-refractivity contribution in [1.82, 2.24) is 25.0 Å². The zero-order valence-corrected chi connectivity index (χ0v) is 51.3. The third-order valence-electron chi connectivity index (χ3n) is 16.0. The molecule has 0 bridgehead atoms. The Balaban J connectivity index is 0.000000360. The van der Waals surface area contributed by atoms with Gasteiger partial charge in [-0.1, -0.05) is 100 Å². The highest BCUT2D eigenvalue weighted by atomic mass is 32.1. The molecule has 4 aliphatic heterocycles. The molecule has 1 aromatic heterocycles. The van der Waals surface area contributed by atoms with Crippen molar-refractivity contribution in [3.05, 3.63) is 147 Å². The maximum absolute atomic E-state index is 16.8. The summed E-state index contributed by atoms with van der Waals surface area (Å²) < 4.78 is 44.3. The molecule has 5 aromatic rings. The lowest BCUT2D eigenvalue weighted by molar-refractivity contribution is -0.122. The van der Waals surface area contributed by atoms with Crippen molar-refractivity contribution in [2.45, 2.75) is 116 Å². The van der Waals surface area contributed by atoms with Crippen LogP contribution in [0.5, 0.6) is 5.75 Å². The molecular weight excluding hydrogens is 1110 g/mol. The minimum Gasteiger partial charge on any atom is -0.508 e. The Morgan fingerprint density at radius 2 is 1.76 bits per heavy atom. The third-order valence-corrected chi connectivity index (χ3v) is 17.0. The predicted octanol–water partition coefficient (Wildman–Crippen LogP) is 9.80. The van der Waals surface area contributed by atoms with Gasteiger partial charge in [0.2, 0.25) is 25.1 Å². The molecule has 3 fully saturated rings. The van der Waals surface area contributed by atoms with Crippen LogP contribution < -0.4 is 16.8 Å². The Hall–Kier alpha value is -8.22. The number of amides is 4. The number of likely N-dealkylation sites (tertiary alicyclic amines) is 1. The number of hydrogen-bond donors (Lipinski definition) is 4. The molecule has 0 saturated carbocycles. The Bertz CT molecular complexity index is 3410. The normalized spacial score (nSPS) is 19.8. The number of carbonyl (C=O) groups is 4. The predicted molar refractivity (Wildman–Crippen MR) is 339 cm³/mol. The number of ether oxygens (including phenoxy) is 2. The van der Waals surface area contributed by atoms with Gasteiger partial charge in [0.1, 0.15) is 35.5 Å². The number of nitrogens with two attached hydrogens (primary N) is 2. The largest absolute Gasteiger partial charge is 0.508 e. The van der Waals surface area contributed by atoms with Crippen LogP contribution in [0.25, 0.3) is 26.9 Å². The number of allylic oxidation sites excluding steroid dienone is 2. The number of halogens is 2. The number of aryl methyl sites for hydroxylation is 1. The molecule has 5 unspecified atom stereocenters. The van der Waals surface area contributed by atoms with E-state index in [0.29, 0.717) is 49.4 Å². The number of rotatable bonds is 18. The molecule has 4 aromatic carbocycles. The number of benzene rings is 4. The molecule has 86 heavy (non-hydrogen) atoms. The second-order valence-corrected chi connectivity index (χ2v) is 23.8. The summed E-state index contributed by atoms with van der Waals surface area (Å²) in [6.45, 7) is 23.3. The standard InChI is InChI=1S/C47H54F2N6O4.C17H20N2OS.2CH3NO/c1-10-36-39(48)15-14-33-20-35(56)21-37(41(33)36)43-42(49)44(38(23-51-43)45(50-7)54(8)9)52-28-59-27-47-17-16-34(55(47)24-29(2)22-47)26-58-25-32-13-11-12-31(18-32)19-40(57)53-30(3)46(4,5)6;1-12(16-4-3-9-19(16)11-20)14-5-7-15(8-6-14)17-13(2)18-10-21-17;2*2-1-3/h1,11-15,18,20-21,23,30,34,56H,2,7,16-17,19,22,24-28H2,3-6,8-9H3,(H,53,57);5-8,10-12,16H,3-4,9H2,1-2H3;2*1H,(H2,2,3)/b45-38+,52-44+;;;. The number of aromatic nitrogens is 1. The Morgan fingerprint density at radius 3 is 2.40 bits per heavy atom. The molecule has 5 heterocycles. The number of phenolic OH excluding ortho intramolecular Hbond substituents is 1. The highest BCUT2D eigenvalue weighted by molar-refractivity contribution is 7.13. The van der Waals surface area contributed by atoms with Crippen molar-refractivity contribution in [2.24, 2.45) is 31.9 Å². The van der Waals surface area contributed by atoms with Gasteiger partial charge in [-0.25, -0.2) is 18.8 Å². The summed E-state index contributed by atoms with van der Waals surface area (Å²) in [5.41, 5.74) is 16.6. The number of aromatic hydroxyl groups is 1. The molecule has 20 heteroatoms. The van der Waals surface area contributed by atoms with Crippen molar-refractivity contribution in [3.63, 3.8) is 0 Å². The van der Waals surface area contributed by atoms with Crippen LogP contribution in [-0.4, -0.2) is 139 Å². The van der Waals surface area contributed by atoms with Crippen molar-refractivity contribution in [1.29, 1.82) is 0 Å². The van der Waals surface area contributed by atoms with Gasteiger partial charge >= 0.3 is 0 Å². The van der Waals surface area contributed by atoms with E-state index in [1.807, 2.05) is 48.5 Å². The fourth-order valence-electron chi connectivity index (χ4n) is 11.4. The lowest BCUT2D eigenvalue weighted by Crippen LogP contribution is -2.47. The van der Waals surface area contributed by atoms with Crippen molar-refractivity contribution < 1.29 is 42.5 Å². The van der Waals surface area contributed by atoms with Crippen LogP contribution in [-0.2, 0) is 41.7 Å². The van der Waals surface area contributed by atoms with Gasteiger partial charge in [-0.15, -0.1) is 17.8 Å². The van der Waals surface area contributed by atoms with Crippen LogP contribution in [0.15, 0.2) is 123 Å². The van der Waals surface area contributed by atoms with E-state index in [-0.39, 0.29) is 87.7 Å². The first-order valence-corrected chi connectivity index (χ1v) is 29.2. The monoisotopic (exact) mass is 1190 g/mol. The Labute approximate surface area is 507 Å². The molecule has 0 spiro atoms. The first kappa shape index (κ1) is 66.9. The van der Waals surface area contributed by atoms with Crippen molar-refractivity contribution in [3.8, 4) is 28.5 Å². The third kappa shape index (κ3) is 16.4. The number of hydrogen-bond acceptors (Lipinski definition) is 14. The summed E-state index contributed by atoms with van der Waals surface area (Å²) >= 11 is 1.68. The maximum Gasteiger partial charge on any atom is 0.224 e. The van der Waals surface area contributed by atoms with E-state index in [4.69, 9.17) is 25.5 Å². The molecule has 0 aliphatic carbocycles. The number of fused-ring (bicyclic) bond motifs is 2. The number of phenols is 1. The van der Waals surface area contributed by atoms with E-state index in [9.17, 15) is 19.1 Å². The van der Waals surface area contributed by atoms with E-state index >= 15 is 4.39 Å². The zero-order chi connectivity index (χ0) is 62.9. The summed E-state index contributed by atoms with van der Waals surface area (Å²) in [5.74, 6) is 1.44. The quantitative estimate of drug-likeness (QED) is 0.0213. The van der Waals surface area contributed by atoms with Crippen LogP contribution in [0.4, 0.5) is 8.78 Å². The van der Waals surface area contributed by atoms with Crippen LogP contribution in [0.3, 0.4) is 0 Å². The Morgan fingerprint density at radius 1 is 1.05 bits per heavy atom. The van der Waals surface area contributed by atoms with E-state index in [2.05, 4.69) is 113 Å². The molecule has 0 radical (unpaired) electrons. The summed E-state index contributed by atoms with van der Waals surface area (Å²) in [7, 11) is 3.49. The van der Waals surface area contributed by atoms with Gasteiger partial charge in [0.05, 0.1) is 53.5 Å². The lowest BCUT2D eigenvalue weighted by atomic mass is 9.88. The van der Waals surface area contributed by atoms with E-state index in [1.54, 1.807) is 30.3 Å². The first-order chi connectivity index (χ1) is 41.1. The topological polar surface area (TPSA) is 231 Å². The van der Waals surface area contributed by atoms with Crippen LogP contribution in [0.1, 0.15) is 106 Å². The molecule has 3 saturated heterocycles. The molecule has 6 N–H and O–H groups in total. The van der Waals surface area contributed by atoms with Gasteiger partial charge in [-0.05, 0) is 104 Å². The van der Waals surface area contributed by atoms with E-state index in [1.165, 1.54) is 46.5 Å². The SMILES string of the molecule is C#Cc1c(F)ccc2cc(O)cc(C3=C(F)C(=N/COCC45CCC(COCc6cccc(CC(=O)NC(C)C(C)(C)C)c6)N4CC(=C)C5)/C(=C(\N=C)N(C)C)C=N3)c12.Cc1ncsc1-c1ccc(C(C)C2CCCN2C=O)cc1.NC=O.NC=O. The summed E-state index contributed by atoms with van der Waals surface area (Å²) in [6, 6.07) is 22.7. The maximum atomic E-state index is 16.8. The minimum absolute atomic E-state index is 0.00217. The number of carbonyl (C=O) groups excluding carboxylic acids is 4. The molecule has 456 valence electrons. The second kappa shape index (κ2) is 30.7. The highest BCUT2D eigenvalue weighted by Gasteiger charge is 2.50. The van der Waals surface area contributed by atoms with Gasteiger partial charge in [-0.2, -0.15) is 0 Å². The number of primary amides is 2. The number of aliphatic imine (C=N–C) groups is 3. The van der Waals surface area contributed by atoms with Gasteiger partial charge in [-0.3, -0.25) is 34.1 Å². The Kier molecular flexibility index (Phi) is 23.9. The highest BCUT2D eigenvalue weighted by Crippen LogP contribution is 2.45. The minimum atomic E-state index is -0.815. The lowest BCUT2D eigenvalue weighted by Gasteiger charge is -2.34. The molecular formula is C66H80F2N10O7S. The summed E-state index contributed by atoms with van der Waals surface area (Å²) in [4.78, 5) is 65.7. The molecule has 4 aliphatic rings. The van der Waals surface area contributed by atoms with Gasteiger partial charge in [0, 0.05) is 73.9 Å². The number of terminal acetylenes is 1. The zero-order valence-electron chi connectivity index (χ0n) is 50.4. The van der Waals surface area contributed by atoms with E-state index < -0.39 is 11.6 Å². The van der Waals surface area contributed by atoms with Gasteiger partial charge in [0.15, 0.2) is 5.83 Å². The van der Waals surface area contributed by atoms with Crippen LogP contribution in [0.2, 0.25) is 0 Å². The summed E-state index contributed by atoms with van der Waals surface area (Å²) in [5, 5.41) is 14.4. The van der Waals surface area contributed by atoms with Crippen LogP contribution >= 0.6 is 11.3 Å². The first-order valence-electron chi connectivity index (χ1n) is 28.4. The molecule has 4 amide bonds. The van der Waals surface area contributed by atoms with Crippen molar-refractivity contribution >= 4 is 71.6 Å². The fourth-order valence-corrected chi connectivity index (χ4v) is 12.2. The summed E-state index contributed by atoms with van der Waals surface area (Å²) in [6.07, 6.45) is 13.7. The van der Waals surface area contributed by atoms with Crippen LogP contribution in [0, 0.1) is 30.5 Å². The average molecular weight is 1200 g/mol. The van der Waals surface area contributed by atoms with Crippen molar-refractivity contribution in [2.75, 3.05) is 47.1 Å². The van der Waals surface area contributed by atoms with Gasteiger partial charge in [0.25, 0.3) is 0 Å². The number of thiazole rings is 1. The molecule has 9 rings (SSSR count).